The summed E-state index contributed by atoms with van der Waals surface area (Å²) in [5, 5.41) is 4.35. The molecule has 1 aromatic rings. The van der Waals surface area contributed by atoms with Crippen molar-refractivity contribution in [2.45, 2.75) is 45.8 Å². The number of alkyl halides is 3. The second-order valence-electron chi connectivity index (χ2n) is 7.12. The zero-order valence-corrected chi connectivity index (χ0v) is 20.5. The minimum atomic E-state index is -1.88. The lowest BCUT2D eigenvalue weighted by molar-refractivity contribution is -0.167. The quantitative estimate of drug-likeness (QED) is 0.258. The summed E-state index contributed by atoms with van der Waals surface area (Å²) in [4.78, 5) is 39.7. The number of carbonyl (C=O) groups excluding carboxylic acids is 3. The fraction of sp³-hybridized carbons (Fsp3) is 0.588. The summed E-state index contributed by atoms with van der Waals surface area (Å²) < 4.78 is 2.57. The molecule has 2 fully saturated rings. The first-order valence-corrected chi connectivity index (χ1v) is 12.8. The number of thiophene rings is 1. The van der Waals surface area contributed by atoms with Crippen LogP contribution in [0.4, 0.5) is 0 Å². The van der Waals surface area contributed by atoms with Crippen LogP contribution in [0.25, 0.3) is 0 Å². The standard InChI is InChI=1S/C17H19Cl3N2O4S3/c1-15(2)11(12(24)26-16(19,20)8-18)22-13(25)17(27-3,14(22)29-15)21-10(23)7-9-5-4-6-28-9/h4-6,11,14H,7-8H2,1-3H3,(H,21,23)/t11-,14+,17-/m0/s1. The lowest BCUT2D eigenvalue weighted by atomic mass is 9.95. The van der Waals surface area contributed by atoms with Crippen molar-refractivity contribution in [1.29, 1.82) is 0 Å². The molecule has 2 saturated heterocycles. The minimum Gasteiger partial charge on any atom is -0.426 e. The van der Waals surface area contributed by atoms with Gasteiger partial charge >= 0.3 is 5.97 Å². The largest absolute Gasteiger partial charge is 0.426 e. The van der Waals surface area contributed by atoms with E-state index in [9.17, 15) is 14.4 Å². The number of amides is 2. The van der Waals surface area contributed by atoms with Crippen molar-refractivity contribution < 1.29 is 19.1 Å². The second kappa shape index (κ2) is 8.31. The predicted octanol–water partition coefficient (Wildman–Crippen LogP) is 3.44. The number of thioether (sulfide) groups is 2. The summed E-state index contributed by atoms with van der Waals surface area (Å²) in [5.74, 6) is -1.65. The lowest BCUT2D eigenvalue weighted by Gasteiger charge is -2.52. The van der Waals surface area contributed by atoms with E-state index in [1.165, 1.54) is 39.8 Å². The van der Waals surface area contributed by atoms with Gasteiger partial charge in [-0.3, -0.25) is 9.59 Å². The first-order valence-electron chi connectivity index (χ1n) is 8.53. The molecule has 29 heavy (non-hydrogen) atoms. The molecule has 3 atom stereocenters. The number of nitrogens with zero attached hydrogens (tertiary/aromatic N) is 1. The number of halogens is 3. The van der Waals surface area contributed by atoms with Crippen LogP contribution in [0, 0.1) is 0 Å². The van der Waals surface area contributed by atoms with E-state index in [0.717, 1.165) is 4.88 Å². The highest BCUT2D eigenvalue weighted by atomic mass is 35.5. The molecule has 6 nitrogen and oxygen atoms in total. The van der Waals surface area contributed by atoms with Gasteiger partial charge in [0.15, 0.2) is 4.87 Å². The summed E-state index contributed by atoms with van der Waals surface area (Å²) in [5.41, 5.74) is 0. The summed E-state index contributed by atoms with van der Waals surface area (Å²) >= 11 is 21.5. The van der Waals surface area contributed by atoms with Gasteiger partial charge in [-0.05, 0) is 31.5 Å². The zero-order chi connectivity index (χ0) is 21.6. The van der Waals surface area contributed by atoms with E-state index in [4.69, 9.17) is 39.5 Å². The molecule has 1 N–H and O–H groups in total. The van der Waals surface area contributed by atoms with E-state index in [2.05, 4.69) is 5.32 Å². The molecule has 2 amide bonds. The Labute approximate surface area is 196 Å². The Morgan fingerprint density at radius 3 is 2.66 bits per heavy atom. The van der Waals surface area contributed by atoms with Gasteiger partial charge < -0.3 is 15.0 Å². The Kier molecular flexibility index (Phi) is 6.69. The van der Waals surface area contributed by atoms with E-state index in [-0.39, 0.29) is 24.1 Å². The molecular formula is C17H19Cl3N2O4S3. The van der Waals surface area contributed by atoms with Crippen LogP contribution >= 0.6 is 69.7 Å². The summed E-state index contributed by atoms with van der Waals surface area (Å²) in [6.45, 7) is 3.66. The molecule has 2 aliphatic heterocycles. The third kappa shape index (κ3) is 4.23. The smallest absolute Gasteiger partial charge is 0.333 e. The molecule has 160 valence electrons. The molecule has 0 aliphatic carbocycles. The molecule has 0 bridgehead atoms. The van der Waals surface area contributed by atoms with Crippen LogP contribution in [0.5, 0.6) is 0 Å². The monoisotopic (exact) mass is 516 g/mol. The van der Waals surface area contributed by atoms with E-state index in [1.54, 1.807) is 6.26 Å². The number of fused-ring (bicyclic) bond motifs is 1. The Morgan fingerprint density at radius 2 is 2.10 bits per heavy atom. The fourth-order valence-electron chi connectivity index (χ4n) is 3.42. The Balaban J connectivity index is 1.79. The van der Waals surface area contributed by atoms with Crippen molar-refractivity contribution in [2.75, 3.05) is 12.1 Å². The molecule has 1 aromatic heterocycles. The van der Waals surface area contributed by atoms with Gasteiger partial charge in [-0.1, -0.05) is 29.3 Å². The maximum Gasteiger partial charge on any atom is 0.333 e. The number of carbonyl (C=O) groups is 3. The number of β-lactam (4-membered cyclic amide) rings is 1. The van der Waals surface area contributed by atoms with Crippen molar-refractivity contribution in [1.82, 2.24) is 10.2 Å². The first kappa shape index (κ1) is 23.3. The summed E-state index contributed by atoms with van der Waals surface area (Å²) in [6.07, 6.45) is 1.95. The van der Waals surface area contributed by atoms with Crippen molar-refractivity contribution >= 4 is 87.4 Å². The van der Waals surface area contributed by atoms with Crippen LogP contribution in [0.1, 0.15) is 18.7 Å². The van der Waals surface area contributed by atoms with Crippen molar-refractivity contribution in [3.05, 3.63) is 22.4 Å². The average Bonchev–Trinajstić information content (AvgIpc) is 3.23. The summed E-state index contributed by atoms with van der Waals surface area (Å²) in [6, 6.07) is 2.83. The normalized spacial score (nSPS) is 27.9. The van der Waals surface area contributed by atoms with Gasteiger partial charge in [-0.2, -0.15) is 0 Å². The average molecular weight is 518 g/mol. The van der Waals surface area contributed by atoms with Crippen LogP contribution in [-0.4, -0.2) is 60.4 Å². The van der Waals surface area contributed by atoms with E-state index < -0.39 is 31.5 Å². The van der Waals surface area contributed by atoms with Crippen LogP contribution in [0.15, 0.2) is 17.5 Å². The van der Waals surface area contributed by atoms with Gasteiger partial charge in [0.2, 0.25) is 5.91 Å². The summed E-state index contributed by atoms with van der Waals surface area (Å²) in [7, 11) is 0. The highest BCUT2D eigenvalue weighted by molar-refractivity contribution is 8.05. The first-order chi connectivity index (χ1) is 13.5. The SMILES string of the molecule is CS[C@@]1(NC(=O)Cc2cccs2)C(=O)N2[C@@H](C(=O)OC(Cl)(Cl)CCl)C(C)(C)S[C@@H]21. The Bertz CT molecular complexity index is 821. The van der Waals surface area contributed by atoms with Gasteiger partial charge in [-0.25, -0.2) is 4.79 Å². The number of esters is 1. The van der Waals surface area contributed by atoms with Crippen molar-refractivity contribution in [2.24, 2.45) is 0 Å². The van der Waals surface area contributed by atoms with Crippen LogP contribution in [0.3, 0.4) is 0 Å². The zero-order valence-electron chi connectivity index (χ0n) is 15.7. The molecule has 2 aliphatic rings. The van der Waals surface area contributed by atoms with Gasteiger partial charge in [0.25, 0.3) is 10.4 Å². The Morgan fingerprint density at radius 1 is 1.41 bits per heavy atom. The van der Waals surface area contributed by atoms with Crippen molar-refractivity contribution in [3.8, 4) is 0 Å². The van der Waals surface area contributed by atoms with Gasteiger partial charge in [0.05, 0.1) is 12.3 Å². The lowest BCUT2D eigenvalue weighted by Crippen LogP contribution is -2.78. The van der Waals surface area contributed by atoms with E-state index in [0.29, 0.717) is 0 Å². The van der Waals surface area contributed by atoms with Gasteiger partial charge in [-0.15, -0.1) is 46.5 Å². The van der Waals surface area contributed by atoms with E-state index in [1.807, 2.05) is 31.4 Å². The molecule has 3 heterocycles. The van der Waals surface area contributed by atoms with Crippen molar-refractivity contribution in [3.63, 3.8) is 0 Å². The highest BCUT2D eigenvalue weighted by Crippen LogP contribution is 2.58. The fourth-order valence-corrected chi connectivity index (χ4v) is 7.14. The van der Waals surface area contributed by atoms with Crippen LogP contribution in [-0.2, 0) is 25.5 Å². The molecule has 0 saturated carbocycles. The topological polar surface area (TPSA) is 75.7 Å². The molecular weight excluding hydrogens is 499 g/mol. The molecule has 0 radical (unpaired) electrons. The molecule has 0 aromatic carbocycles. The minimum absolute atomic E-state index is 0.191. The maximum absolute atomic E-state index is 13.2. The number of ether oxygens (including phenoxy) is 1. The second-order valence-corrected chi connectivity index (χ2v) is 12.6. The predicted molar refractivity (Wildman–Crippen MR) is 120 cm³/mol. The third-order valence-corrected chi connectivity index (χ3v) is 9.57. The van der Waals surface area contributed by atoms with E-state index >= 15 is 0 Å². The molecule has 0 unspecified atom stereocenters. The molecule has 3 rings (SSSR count). The third-order valence-electron chi connectivity index (χ3n) is 4.70. The highest BCUT2D eigenvalue weighted by Gasteiger charge is 2.72. The van der Waals surface area contributed by atoms with Crippen LogP contribution < -0.4 is 5.32 Å². The Hall–Kier alpha value is -0.320. The number of nitrogens with one attached hydrogen (secondary N) is 1. The van der Waals surface area contributed by atoms with Crippen LogP contribution in [0.2, 0.25) is 0 Å². The van der Waals surface area contributed by atoms with Gasteiger partial charge in [0, 0.05) is 9.62 Å². The number of hydrogen-bond acceptors (Lipinski definition) is 7. The van der Waals surface area contributed by atoms with Gasteiger partial charge in [0.1, 0.15) is 11.4 Å². The maximum atomic E-state index is 13.2. The number of hydrogen-bond donors (Lipinski definition) is 1. The molecule has 12 heteroatoms. The molecule has 0 spiro atoms. The number of rotatable bonds is 7.